The molecule has 0 saturated heterocycles. The van der Waals surface area contributed by atoms with Crippen LogP contribution in [0.2, 0.25) is 0 Å². The van der Waals surface area contributed by atoms with Crippen molar-refractivity contribution >= 4 is 11.0 Å². The molecule has 0 aliphatic carbocycles. The zero-order valence-corrected chi connectivity index (χ0v) is 16.4. The van der Waals surface area contributed by atoms with Crippen molar-refractivity contribution in [1.29, 1.82) is 0 Å². The van der Waals surface area contributed by atoms with Crippen molar-refractivity contribution in [3.8, 4) is 28.5 Å². The third-order valence-electron chi connectivity index (χ3n) is 4.85. The number of hydrogen-bond donors (Lipinski definition) is 0. The van der Waals surface area contributed by atoms with E-state index in [1.165, 1.54) is 0 Å². The second kappa shape index (κ2) is 6.66. The van der Waals surface area contributed by atoms with E-state index in [2.05, 4.69) is 22.2 Å². The van der Waals surface area contributed by atoms with Gasteiger partial charge in [0, 0.05) is 19.7 Å². The Kier molecular flexibility index (Phi) is 3.97. The molecule has 5 rings (SSSR count). The summed E-state index contributed by atoms with van der Waals surface area (Å²) in [5, 5.41) is 18.3. The molecule has 0 bridgehead atoms. The number of pyridine rings is 1. The quantitative estimate of drug-likeness (QED) is 0.465. The maximum Gasteiger partial charge on any atom is 0.248 e. The first kappa shape index (κ1) is 17.3. The SMILES string of the molecule is CCn1nccc1-c1cc(-c2nnc(C)o2)c2c(C)nn(-c3ccccc3)c2n1. The molecule has 0 spiro atoms. The Balaban J connectivity index is 1.86. The minimum atomic E-state index is 0.453. The van der Waals surface area contributed by atoms with Crippen LogP contribution >= 0.6 is 0 Å². The van der Waals surface area contributed by atoms with E-state index in [1.54, 1.807) is 13.1 Å². The number of aryl methyl sites for hydroxylation is 3. The standard InChI is InChI=1S/C21H19N7O/c1-4-27-18(10-11-22-27)17-12-16(21-25-24-14(3)29-21)19-13(2)26-28(20(19)23-17)15-8-6-5-7-9-15/h5-12H,4H2,1-3H3. The van der Waals surface area contributed by atoms with E-state index in [1.807, 2.05) is 58.8 Å². The average molecular weight is 385 g/mol. The second-order valence-corrected chi connectivity index (χ2v) is 6.74. The summed E-state index contributed by atoms with van der Waals surface area (Å²) in [5.41, 5.74) is 5.03. The highest BCUT2D eigenvalue weighted by molar-refractivity contribution is 5.95. The predicted octanol–water partition coefficient (Wildman–Crippen LogP) is 3.97. The van der Waals surface area contributed by atoms with Crippen molar-refractivity contribution in [2.75, 3.05) is 0 Å². The molecule has 5 aromatic rings. The molecule has 0 amide bonds. The van der Waals surface area contributed by atoms with E-state index in [4.69, 9.17) is 14.5 Å². The van der Waals surface area contributed by atoms with Crippen molar-refractivity contribution in [1.82, 2.24) is 34.7 Å². The number of rotatable bonds is 4. The van der Waals surface area contributed by atoms with Gasteiger partial charge in [-0.25, -0.2) is 9.67 Å². The summed E-state index contributed by atoms with van der Waals surface area (Å²) >= 11 is 0. The number of para-hydroxylation sites is 1. The molecule has 8 nitrogen and oxygen atoms in total. The van der Waals surface area contributed by atoms with Gasteiger partial charge in [-0.15, -0.1) is 10.2 Å². The van der Waals surface area contributed by atoms with E-state index < -0.39 is 0 Å². The van der Waals surface area contributed by atoms with Gasteiger partial charge in [0.25, 0.3) is 0 Å². The minimum absolute atomic E-state index is 0.453. The molecule has 0 saturated carbocycles. The Bertz CT molecular complexity index is 1310. The fraction of sp³-hybridized carbons (Fsp3) is 0.190. The molecule has 144 valence electrons. The molecule has 0 radical (unpaired) electrons. The van der Waals surface area contributed by atoms with Gasteiger partial charge in [0.1, 0.15) is 0 Å². The normalized spacial score (nSPS) is 11.4. The third kappa shape index (κ3) is 2.80. The van der Waals surface area contributed by atoms with Crippen molar-refractivity contribution in [3.05, 3.63) is 60.2 Å². The highest BCUT2D eigenvalue weighted by Gasteiger charge is 2.21. The van der Waals surface area contributed by atoms with E-state index >= 15 is 0 Å². The summed E-state index contributed by atoms with van der Waals surface area (Å²) in [4.78, 5) is 4.97. The molecule has 4 heterocycles. The molecule has 0 aliphatic rings. The first-order valence-electron chi connectivity index (χ1n) is 9.44. The number of benzene rings is 1. The highest BCUT2D eigenvalue weighted by atomic mass is 16.4. The van der Waals surface area contributed by atoms with Gasteiger partial charge in [0.05, 0.1) is 33.7 Å². The van der Waals surface area contributed by atoms with Gasteiger partial charge in [0.15, 0.2) is 5.65 Å². The van der Waals surface area contributed by atoms with Crippen LogP contribution in [0.15, 0.2) is 53.1 Å². The van der Waals surface area contributed by atoms with Crippen LogP contribution < -0.4 is 0 Å². The van der Waals surface area contributed by atoms with Gasteiger partial charge in [-0.1, -0.05) is 18.2 Å². The summed E-state index contributed by atoms with van der Waals surface area (Å²) in [6, 6.07) is 13.9. The lowest BCUT2D eigenvalue weighted by Crippen LogP contribution is -2.02. The van der Waals surface area contributed by atoms with E-state index in [-0.39, 0.29) is 0 Å². The molecule has 1 aromatic carbocycles. The van der Waals surface area contributed by atoms with Crippen LogP contribution in [0.25, 0.3) is 39.6 Å². The maximum absolute atomic E-state index is 5.77. The van der Waals surface area contributed by atoms with Crippen molar-refractivity contribution in [2.24, 2.45) is 0 Å². The molecular formula is C21H19N7O. The molecule has 0 fully saturated rings. The Hall–Kier alpha value is -3.81. The third-order valence-corrected chi connectivity index (χ3v) is 4.85. The fourth-order valence-electron chi connectivity index (χ4n) is 3.55. The molecule has 4 aromatic heterocycles. The van der Waals surface area contributed by atoms with Crippen molar-refractivity contribution < 1.29 is 4.42 Å². The van der Waals surface area contributed by atoms with Crippen LogP contribution in [-0.4, -0.2) is 34.7 Å². The van der Waals surface area contributed by atoms with Crippen molar-refractivity contribution in [2.45, 2.75) is 27.3 Å². The zero-order chi connectivity index (χ0) is 20.0. The Morgan fingerprint density at radius 3 is 2.59 bits per heavy atom. The van der Waals surface area contributed by atoms with Gasteiger partial charge in [-0.2, -0.15) is 10.2 Å². The molecule has 0 unspecified atom stereocenters. The average Bonchev–Trinajstić information content (AvgIpc) is 3.47. The second-order valence-electron chi connectivity index (χ2n) is 6.74. The van der Waals surface area contributed by atoms with E-state index in [9.17, 15) is 0 Å². The lowest BCUT2D eigenvalue weighted by molar-refractivity contribution is 0.533. The van der Waals surface area contributed by atoms with Crippen LogP contribution in [0.3, 0.4) is 0 Å². The number of hydrogen-bond acceptors (Lipinski definition) is 6. The minimum Gasteiger partial charge on any atom is -0.421 e. The molecule has 8 heteroatoms. The molecule has 0 atom stereocenters. The van der Waals surface area contributed by atoms with Gasteiger partial charge in [-0.05, 0) is 38.1 Å². The molecule has 0 N–H and O–H groups in total. The van der Waals surface area contributed by atoms with E-state index in [0.717, 1.165) is 45.9 Å². The number of aromatic nitrogens is 7. The topological polar surface area (TPSA) is 87.5 Å². The highest BCUT2D eigenvalue weighted by Crippen LogP contribution is 2.34. The monoisotopic (exact) mass is 385 g/mol. The van der Waals surface area contributed by atoms with Gasteiger partial charge in [-0.3, -0.25) is 4.68 Å². The Labute approximate surface area is 166 Å². The summed E-state index contributed by atoms with van der Waals surface area (Å²) < 4.78 is 9.53. The van der Waals surface area contributed by atoms with Gasteiger partial charge >= 0.3 is 0 Å². The summed E-state index contributed by atoms with van der Waals surface area (Å²) in [6.07, 6.45) is 1.78. The van der Waals surface area contributed by atoms with Crippen LogP contribution in [0.1, 0.15) is 18.5 Å². The van der Waals surface area contributed by atoms with E-state index in [0.29, 0.717) is 11.8 Å². The molecule has 0 aliphatic heterocycles. The molecular weight excluding hydrogens is 366 g/mol. The Morgan fingerprint density at radius 1 is 1.03 bits per heavy atom. The van der Waals surface area contributed by atoms with Crippen LogP contribution in [0.5, 0.6) is 0 Å². The summed E-state index contributed by atoms with van der Waals surface area (Å²) in [5.74, 6) is 0.965. The first-order valence-corrected chi connectivity index (χ1v) is 9.44. The zero-order valence-electron chi connectivity index (χ0n) is 16.4. The number of fused-ring (bicyclic) bond motifs is 1. The number of nitrogens with zero attached hydrogens (tertiary/aromatic N) is 7. The first-order chi connectivity index (χ1) is 14.2. The van der Waals surface area contributed by atoms with Gasteiger partial charge < -0.3 is 4.42 Å². The Morgan fingerprint density at radius 2 is 1.86 bits per heavy atom. The van der Waals surface area contributed by atoms with Crippen LogP contribution in [0, 0.1) is 13.8 Å². The lowest BCUT2D eigenvalue weighted by atomic mass is 10.1. The maximum atomic E-state index is 5.77. The fourth-order valence-corrected chi connectivity index (χ4v) is 3.55. The summed E-state index contributed by atoms with van der Waals surface area (Å²) in [7, 11) is 0. The largest absolute Gasteiger partial charge is 0.421 e. The van der Waals surface area contributed by atoms with Crippen LogP contribution in [0.4, 0.5) is 0 Å². The van der Waals surface area contributed by atoms with Crippen LogP contribution in [-0.2, 0) is 6.54 Å². The predicted molar refractivity (Wildman–Crippen MR) is 109 cm³/mol. The van der Waals surface area contributed by atoms with Gasteiger partial charge in [0.2, 0.25) is 11.8 Å². The van der Waals surface area contributed by atoms with Crippen molar-refractivity contribution in [3.63, 3.8) is 0 Å². The summed E-state index contributed by atoms with van der Waals surface area (Å²) in [6.45, 7) is 6.54. The lowest BCUT2D eigenvalue weighted by Gasteiger charge is -2.08. The molecule has 29 heavy (non-hydrogen) atoms. The smallest absolute Gasteiger partial charge is 0.248 e.